The molecule has 0 radical (unpaired) electrons. The second-order valence-corrected chi connectivity index (χ2v) is 13.4. The number of anilines is 2. The van der Waals surface area contributed by atoms with E-state index in [0.29, 0.717) is 36.2 Å². The van der Waals surface area contributed by atoms with Crippen LogP contribution in [0.4, 0.5) is 29.7 Å². The Balaban J connectivity index is 1.46. The third-order valence-electron chi connectivity index (χ3n) is 8.72. The zero-order valence-corrected chi connectivity index (χ0v) is 27.1. The molecule has 2 aromatic heterocycles. The Morgan fingerprint density at radius 3 is 2.57 bits per heavy atom. The largest absolute Gasteiger partial charge is 0.444 e. The number of hydrogen-bond donors (Lipinski definition) is 0. The molecule has 47 heavy (non-hydrogen) atoms. The highest BCUT2D eigenvalue weighted by Gasteiger charge is 2.39. The van der Waals surface area contributed by atoms with E-state index in [4.69, 9.17) is 21.3 Å². The van der Waals surface area contributed by atoms with Crippen LogP contribution >= 0.6 is 11.6 Å². The Morgan fingerprint density at radius 2 is 1.85 bits per heavy atom. The third-order valence-corrected chi connectivity index (χ3v) is 9.04. The van der Waals surface area contributed by atoms with E-state index in [9.17, 15) is 28.0 Å². The SMILES string of the molecule is CC(C)(C)OC(=O)N1CCN(c2nc(N3CCN4CCCC4C3)nc3c(=O)n(-c4cccc(Cl)c4C(F)(F)F)ncc23)CC1CC#N. The molecule has 2 atom stereocenters. The summed E-state index contributed by atoms with van der Waals surface area (Å²) in [5.74, 6) is 0.631. The van der Waals surface area contributed by atoms with Crippen LogP contribution in [0.25, 0.3) is 16.6 Å². The first-order chi connectivity index (χ1) is 22.2. The van der Waals surface area contributed by atoms with Gasteiger partial charge in [-0.1, -0.05) is 17.7 Å². The van der Waals surface area contributed by atoms with Gasteiger partial charge >= 0.3 is 12.3 Å². The van der Waals surface area contributed by atoms with Crippen molar-refractivity contribution in [3.63, 3.8) is 0 Å². The number of nitriles is 1. The van der Waals surface area contributed by atoms with Crippen LogP contribution < -0.4 is 15.4 Å². The number of nitrogens with zero attached hydrogens (tertiary/aromatic N) is 9. The van der Waals surface area contributed by atoms with E-state index < -0.39 is 45.7 Å². The van der Waals surface area contributed by atoms with Gasteiger partial charge in [-0.15, -0.1) is 0 Å². The number of ether oxygens (including phenoxy) is 1. The van der Waals surface area contributed by atoms with Gasteiger partial charge in [0.25, 0.3) is 5.56 Å². The first kappa shape index (κ1) is 32.8. The molecule has 250 valence electrons. The molecule has 0 aliphatic carbocycles. The number of hydrogen-bond acceptors (Lipinski definition) is 10. The molecule has 0 N–H and O–H groups in total. The van der Waals surface area contributed by atoms with Crippen molar-refractivity contribution >= 4 is 40.4 Å². The van der Waals surface area contributed by atoms with E-state index in [0.717, 1.165) is 38.1 Å². The number of carbonyl (C=O) groups is 1. The highest BCUT2D eigenvalue weighted by molar-refractivity contribution is 6.31. The summed E-state index contributed by atoms with van der Waals surface area (Å²) in [6, 6.07) is 5.47. The molecular formula is C31H35ClF3N9O3. The number of fused-ring (bicyclic) bond motifs is 2. The normalized spacial score (nSPS) is 20.8. The summed E-state index contributed by atoms with van der Waals surface area (Å²) < 4.78 is 48.6. The maximum absolute atomic E-state index is 14.1. The Kier molecular flexibility index (Phi) is 8.69. The van der Waals surface area contributed by atoms with Crippen molar-refractivity contribution in [2.75, 3.05) is 55.6 Å². The van der Waals surface area contributed by atoms with Gasteiger partial charge in [0.05, 0.1) is 46.4 Å². The predicted molar refractivity (Wildman–Crippen MR) is 169 cm³/mol. The van der Waals surface area contributed by atoms with Crippen LogP contribution in [0.15, 0.2) is 29.2 Å². The molecule has 0 spiro atoms. The second-order valence-electron chi connectivity index (χ2n) is 13.0. The zero-order chi connectivity index (χ0) is 33.7. The van der Waals surface area contributed by atoms with E-state index >= 15 is 0 Å². The molecular weight excluding hydrogens is 639 g/mol. The number of piperazine rings is 2. The highest BCUT2D eigenvalue weighted by atomic mass is 35.5. The molecule has 3 aliphatic rings. The lowest BCUT2D eigenvalue weighted by Crippen LogP contribution is -2.56. The Labute approximate surface area is 274 Å². The first-order valence-corrected chi connectivity index (χ1v) is 15.9. The Hall–Kier alpha value is -4.16. The zero-order valence-electron chi connectivity index (χ0n) is 26.3. The lowest BCUT2D eigenvalue weighted by Gasteiger charge is -2.42. The van der Waals surface area contributed by atoms with Gasteiger partial charge < -0.3 is 19.4 Å². The topological polar surface area (TPSA) is 124 Å². The number of alkyl halides is 3. The van der Waals surface area contributed by atoms with Gasteiger partial charge in [-0.25, -0.2) is 9.78 Å². The molecule has 3 fully saturated rings. The van der Waals surface area contributed by atoms with Gasteiger partial charge in [-0.05, 0) is 52.3 Å². The molecule has 0 bridgehead atoms. The summed E-state index contributed by atoms with van der Waals surface area (Å²) in [6.45, 7) is 9.05. The van der Waals surface area contributed by atoms with Gasteiger partial charge in [0, 0.05) is 45.3 Å². The molecule has 1 aromatic carbocycles. The summed E-state index contributed by atoms with van der Waals surface area (Å²) in [7, 11) is 0. The molecule has 0 saturated carbocycles. The summed E-state index contributed by atoms with van der Waals surface area (Å²) in [5.41, 5.74) is -3.39. The first-order valence-electron chi connectivity index (χ1n) is 15.5. The number of amides is 1. The van der Waals surface area contributed by atoms with E-state index in [2.05, 4.69) is 21.1 Å². The summed E-state index contributed by atoms with van der Waals surface area (Å²) >= 11 is 5.98. The van der Waals surface area contributed by atoms with Gasteiger partial charge in [0.2, 0.25) is 5.95 Å². The van der Waals surface area contributed by atoms with E-state index in [-0.39, 0.29) is 36.4 Å². The van der Waals surface area contributed by atoms with Crippen molar-refractivity contribution in [1.29, 1.82) is 5.26 Å². The minimum absolute atomic E-state index is 0.0231. The molecule has 12 nitrogen and oxygen atoms in total. The summed E-state index contributed by atoms with van der Waals surface area (Å²) in [4.78, 5) is 44.5. The Bertz CT molecular complexity index is 1790. The van der Waals surface area contributed by atoms with Crippen molar-refractivity contribution in [3.05, 3.63) is 45.3 Å². The van der Waals surface area contributed by atoms with Crippen LogP contribution in [0.1, 0.15) is 45.6 Å². The van der Waals surface area contributed by atoms with E-state index in [1.54, 1.807) is 20.8 Å². The quantitative estimate of drug-likeness (QED) is 0.392. The molecule has 5 heterocycles. The summed E-state index contributed by atoms with van der Waals surface area (Å²) in [6.07, 6.45) is -1.98. The molecule has 3 saturated heterocycles. The van der Waals surface area contributed by atoms with Gasteiger partial charge in [0.15, 0.2) is 0 Å². The van der Waals surface area contributed by atoms with Crippen LogP contribution in [-0.2, 0) is 10.9 Å². The molecule has 6 rings (SSSR count). The molecule has 3 aromatic rings. The maximum atomic E-state index is 14.1. The minimum Gasteiger partial charge on any atom is -0.444 e. The van der Waals surface area contributed by atoms with E-state index in [1.165, 1.54) is 17.2 Å². The summed E-state index contributed by atoms with van der Waals surface area (Å²) in [5, 5.41) is 13.4. The molecule has 3 aliphatic heterocycles. The average Bonchev–Trinajstić information content (AvgIpc) is 3.48. The van der Waals surface area contributed by atoms with E-state index in [1.807, 2.05) is 9.80 Å². The van der Waals surface area contributed by atoms with Gasteiger partial charge in [-0.3, -0.25) is 9.69 Å². The minimum atomic E-state index is -4.85. The standard InChI is InChI=1S/C31H35ClF3N9O3/c1-30(2,3)47-29(46)43-15-14-41(18-20(43)9-10-36)26-21-16-37-44(23-8-4-7-22(32)24(23)31(33,34)35)27(45)25(21)38-28(39-26)42-13-12-40-11-5-6-19(40)17-42/h4,7-8,16,19-20H,5-6,9,11-15,17-18H2,1-3H3. The van der Waals surface area contributed by atoms with Crippen LogP contribution in [-0.4, -0.2) is 99.1 Å². The van der Waals surface area contributed by atoms with Crippen molar-refractivity contribution in [2.45, 2.75) is 63.9 Å². The predicted octanol–water partition coefficient (Wildman–Crippen LogP) is 4.47. The van der Waals surface area contributed by atoms with Crippen LogP contribution in [0.5, 0.6) is 0 Å². The fraction of sp³-hybridized carbons (Fsp3) is 0.548. The van der Waals surface area contributed by atoms with Crippen molar-refractivity contribution in [3.8, 4) is 11.8 Å². The number of halogens is 4. The number of benzene rings is 1. The maximum Gasteiger partial charge on any atom is 0.419 e. The van der Waals surface area contributed by atoms with Crippen LogP contribution in [0, 0.1) is 11.3 Å². The number of rotatable bonds is 4. The molecule has 1 amide bonds. The Morgan fingerprint density at radius 1 is 1.09 bits per heavy atom. The fourth-order valence-electron chi connectivity index (χ4n) is 6.58. The lowest BCUT2D eigenvalue weighted by molar-refractivity contribution is -0.137. The van der Waals surface area contributed by atoms with Crippen molar-refractivity contribution < 1.29 is 22.7 Å². The highest BCUT2D eigenvalue weighted by Crippen LogP contribution is 2.38. The lowest BCUT2D eigenvalue weighted by atomic mass is 10.1. The van der Waals surface area contributed by atoms with Crippen LogP contribution in [0.3, 0.4) is 0 Å². The average molecular weight is 674 g/mol. The fourth-order valence-corrected chi connectivity index (χ4v) is 6.86. The smallest absolute Gasteiger partial charge is 0.419 e. The van der Waals surface area contributed by atoms with Crippen LogP contribution in [0.2, 0.25) is 5.02 Å². The molecule has 2 unspecified atom stereocenters. The second kappa shape index (κ2) is 12.5. The molecule has 16 heteroatoms. The van der Waals surface area contributed by atoms with Gasteiger partial charge in [0.1, 0.15) is 16.9 Å². The number of carbonyl (C=O) groups excluding carboxylic acids is 1. The third kappa shape index (κ3) is 6.53. The monoisotopic (exact) mass is 673 g/mol. The van der Waals surface area contributed by atoms with Gasteiger partial charge in [-0.2, -0.15) is 33.2 Å². The van der Waals surface area contributed by atoms with Crippen molar-refractivity contribution in [1.82, 2.24) is 29.5 Å². The van der Waals surface area contributed by atoms with Crippen molar-refractivity contribution in [2.24, 2.45) is 0 Å². The number of aromatic nitrogens is 4.